The summed E-state index contributed by atoms with van der Waals surface area (Å²) in [6.45, 7) is 7.86. The van der Waals surface area contributed by atoms with Crippen LogP contribution in [0.4, 0.5) is 14.9 Å². The van der Waals surface area contributed by atoms with Crippen molar-refractivity contribution in [2.24, 2.45) is 0 Å². The van der Waals surface area contributed by atoms with Crippen molar-refractivity contribution in [2.45, 2.75) is 39.8 Å². The molecule has 0 unspecified atom stereocenters. The van der Waals surface area contributed by atoms with Crippen LogP contribution in [0.25, 0.3) is 10.8 Å². The SMILES string of the molecule is CCN(C(=O)OC(C)(C)C)N(Cc1ccc(F)cc1)C(=S)Nc1ccc2cnccc2c1. The minimum atomic E-state index is -0.659. The average Bonchev–Trinajstić information content (AvgIpc) is 2.73. The summed E-state index contributed by atoms with van der Waals surface area (Å²) < 4.78 is 19.0. The molecule has 0 aliphatic heterocycles. The highest BCUT2D eigenvalue weighted by Gasteiger charge is 2.28. The molecule has 1 N–H and O–H groups in total. The number of nitrogens with one attached hydrogen (secondary N) is 1. The minimum absolute atomic E-state index is 0.261. The maximum absolute atomic E-state index is 13.4. The summed E-state index contributed by atoms with van der Waals surface area (Å²) in [5.74, 6) is -0.328. The number of thiocarbonyl (C=S) groups is 1. The van der Waals surface area contributed by atoms with Gasteiger partial charge in [0.05, 0.1) is 6.54 Å². The number of nitrogens with zero attached hydrogens (tertiary/aromatic N) is 3. The Balaban J connectivity index is 1.88. The van der Waals surface area contributed by atoms with Crippen molar-refractivity contribution in [1.82, 2.24) is 15.0 Å². The summed E-state index contributed by atoms with van der Waals surface area (Å²) in [7, 11) is 0. The van der Waals surface area contributed by atoms with E-state index in [1.165, 1.54) is 17.1 Å². The van der Waals surface area contributed by atoms with E-state index in [9.17, 15) is 9.18 Å². The number of hydrazine groups is 1. The van der Waals surface area contributed by atoms with E-state index in [-0.39, 0.29) is 12.4 Å². The maximum atomic E-state index is 13.4. The molecule has 0 radical (unpaired) electrons. The van der Waals surface area contributed by atoms with E-state index < -0.39 is 11.7 Å². The number of hydrogen-bond donors (Lipinski definition) is 1. The number of carbonyl (C=O) groups is 1. The molecular weight excluding hydrogens is 427 g/mol. The third-order valence-electron chi connectivity index (χ3n) is 4.57. The number of carbonyl (C=O) groups excluding carboxylic acids is 1. The van der Waals surface area contributed by atoms with Gasteiger partial charge in [-0.25, -0.2) is 14.2 Å². The molecule has 0 saturated carbocycles. The van der Waals surface area contributed by atoms with Gasteiger partial charge in [0.15, 0.2) is 5.11 Å². The van der Waals surface area contributed by atoms with Gasteiger partial charge < -0.3 is 10.1 Å². The highest BCUT2D eigenvalue weighted by atomic mass is 32.1. The van der Waals surface area contributed by atoms with Gasteiger partial charge in [-0.05, 0) is 81.2 Å². The summed E-state index contributed by atoms with van der Waals surface area (Å²) in [5, 5.41) is 8.62. The highest BCUT2D eigenvalue weighted by molar-refractivity contribution is 7.80. The quantitative estimate of drug-likeness (QED) is 0.400. The van der Waals surface area contributed by atoms with Crippen LogP contribution in [0, 0.1) is 5.82 Å². The summed E-state index contributed by atoms with van der Waals surface area (Å²) >= 11 is 5.69. The van der Waals surface area contributed by atoms with Gasteiger partial charge >= 0.3 is 6.09 Å². The Morgan fingerprint density at radius 2 is 1.81 bits per heavy atom. The number of benzene rings is 2. The van der Waals surface area contributed by atoms with Gasteiger partial charge in [0.1, 0.15) is 11.4 Å². The normalized spacial score (nSPS) is 11.2. The second kappa shape index (κ2) is 9.91. The van der Waals surface area contributed by atoms with Crippen LogP contribution in [-0.2, 0) is 11.3 Å². The zero-order valence-corrected chi connectivity index (χ0v) is 19.4. The summed E-state index contributed by atoms with van der Waals surface area (Å²) in [5.41, 5.74) is 0.910. The van der Waals surface area contributed by atoms with Crippen LogP contribution in [0.1, 0.15) is 33.3 Å². The van der Waals surface area contributed by atoms with Gasteiger partial charge in [0.25, 0.3) is 0 Å². The first kappa shape index (κ1) is 23.4. The van der Waals surface area contributed by atoms with Gasteiger partial charge in [-0.15, -0.1) is 0 Å². The molecule has 1 amide bonds. The molecule has 6 nitrogen and oxygen atoms in total. The Morgan fingerprint density at radius 1 is 1.09 bits per heavy atom. The van der Waals surface area contributed by atoms with Crippen molar-refractivity contribution in [2.75, 3.05) is 11.9 Å². The number of anilines is 1. The Kier molecular flexibility index (Phi) is 7.25. The molecule has 168 valence electrons. The van der Waals surface area contributed by atoms with Crippen molar-refractivity contribution in [3.05, 3.63) is 72.3 Å². The average molecular weight is 455 g/mol. The van der Waals surface area contributed by atoms with E-state index in [1.807, 2.05) is 52.0 Å². The molecule has 1 heterocycles. The predicted octanol–water partition coefficient (Wildman–Crippen LogP) is 5.74. The van der Waals surface area contributed by atoms with Crippen molar-refractivity contribution in [3.63, 3.8) is 0 Å². The second-order valence-corrected chi connectivity index (χ2v) is 8.63. The molecule has 0 aliphatic carbocycles. The van der Waals surface area contributed by atoms with Crippen molar-refractivity contribution in [3.8, 4) is 0 Å². The van der Waals surface area contributed by atoms with E-state index in [0.717, 1.165) is 22.0 Å². The van der Waals surface area contributed by atoms with Crippen LogP contribution in [0.5, 0.6) is 0 Å². The Morgan fingerprint density at radius 3 is 2.47 bits per heavy atom. The maximum Gasteiger partial charge on any atom is 0.429 e. The van der Waals surface area contributed by atoms with E-state index in [4.69, 9.17) is 17.0 Å². The number of fused-ring (bicyclic) bond motifs is 1. The van der Waals surface area contributed by atoms with Crippen LogP contribution >= 0.6 is 12.2 Å². The van der Waals surface area contributed by atoms with Crippen LogP contribution < -0.4 is 5.32 Å². The third kappa shape index (κ3) is 6.13. The fraction of sp³-hybridized carbons (Fsp3) is 0.292. The molecule has 8 heteroatoms. The number of amides is 1. The predicted molar refractivity (Wildman–Crippen MR) is 129 cm³/mol. The van der Waals surface area contributed by atoms with Gasteiger partial charge in [-0.1, -0.05) is 18.2 Å². The summed E-state index contributed by atoms with van der Waals surface area (Å²) in [6.07, 6.45) is 3.00. The lowest BCUT2D eigenvalue weighted by molar-refractivity contribution is -0.0202. The van der Waals surface area contributed by atoms with Crippen LogP contribution in [0.15, 0.2) is 60.9 Å². The van der Waals surface area contributed by atoms with Crippen LogP contribution in [-0.4, -0.2) is 38.4 Å². The zero-order valence-electron chi connectivity index (χ0n) is 18.6. The van der Waals surface area contributed by atoms with E-state index in [1.54, 1.807) is 29.5 Å². The number of pyridine rings is 1. The molecule has 3 aromatic rings. The monoisotopic (exact) mass is 454 g/mol. The molecule has 1 aromatic heterocycles. The molecule has 0 spiro atoms. The lowest BCUT2D eigenvalue weighted by Gasteiger charge is -2.37. The number of aromatic nitrogens is 1. The molecule has 0 fully saturated rings. The molecule has 3 rings (SSSR count). The smallest absolute Gasteiger partial charge is 0.429 e. The fourth-order valence-electron chi connectivity index (χ4n) is 3.09. The van der Waals surface area contributed by atoms with E-state index in [2.05, 4.69) is 10.3 Å². The van der Waals surface area contributed by atoms with Gasteiger partial charge in [0, 0.05) is 30.0 Å². The molecule has 2 aromatic carbocycles. The number of rotatable bonds is 4. The number of halogens is 1. The Hall–Kier alpha value is -3.26. The largest absolute Gasteiger partial charge is 0.442 e. The van der Waals surface area contributed by atoms with Crippen molar-refractivity contribution in [1.29, 1.82) is 0 Å². The Bertz CT molecular complexity index is 1100. The van der Waals surface area contributed by atoms with Gasteiger partial charge in [-0.3, -0.25) is 9.99 Å². The third-order valence-corrected chi connectivity index (χ3v) is 4.88. The molecule has 0 aliphatic rings. The minimum Gasteiger partial charge on any atom is -0.442 e. The first-order valence-electron chi connectivity index (χ1n) is 10.3. The van der Waals surface area contributed by atoms with Crippen molar-refractivity contribution < 1.29 is 13.9 Å². The lowest BCUT2D eigenvalue weighted by Crippen LogP contribution is -2.52. The molecule has 0 saturated heterocycles. The van der Waals surface area contributed by atoms with Crippen molar-refractivity contribution >= 4 is 39.9 Å². The van der Waals surface area contributed by atoms with E-state index in [0.29, 0.717) is 11.7 Å². The van der Waals surface area contributed by atoms with Crippen LogP contribution in [0.3, 0.4) is 0 Å². The molecule has 0 bridgehead atoms. The molecule has 0 atom stereocenters. The van der Waals surface area contributed by atoms with E-state index >= 15 is 0 Å². The van der Waals surface area contributed by atoms with Crippen LogP contribution in [0.2, 0.25) is 0 Å². The standard InChI is InChI=1S/C24H27FN4O2S/c1-5-28(23(30)31-24(2,3)4)29(16-17-6-9-20(25)10-7-17)22(32)27-21-11-8-19-15-26-13-12-18(19)14-21/h6-15H,5,16H2,1-4H3,(H,27,32). The topological polar surface area (TPSA) is 57.7 Å². The Labute approximate surface area is 193 Å². The fourth-order valence-corrected chi connectivity index (χ4v) is 3.37. The first-order chi connectivity index (χ1) is 15.2. The molecule has 32 heavy (non-hydrogen) atoms. The summed E-state index contributed by atoms with van der Waals surface area (Å²) in [6, 6.07) is 13.8. The number of ether oxygens (including phenoxy) is 1. The summed E-state index contributed by atoms with van der Waals surface area (Å²) in [4.78, 5) is 17.0. The highest BCUT2D eigenvalue weighted by Crippen LogP contribution is 2.20. The van der Waals surface area contributed by atoms with Gasteiger partial charge in [0.2, 0.25) is 0 Å². The first-order valence-corrected chi connectivity index (χ1v) is 10.7. The van der Waals surface area contributed by atoms with Gasteiger partial charge in [-0.2, -0.15) is 0 Å². The zero-order chi connectivity index (χ0) is 23.3. The second-order valence-electron chi connectivity index (χ2n) is 8.25. The number of hydrogen-bond acceptors (Lipinski definition) is 4. The lowest BCUT2D eigenvalue weighted by atomic mass is 10.1. The molecular formula is C24H27FN4O2S.